The van der Waals surface area contributed by atoms with E-state index in [0.717, 1.165) is 11.1 Å². The summed E-state index contributed by atoms with van der Waals surface area (Å²) >= 11 is 0. The van der Waals surface area contributed by atoms with Gasteiger partial charge in [0.2, 0.25) is 0 Å². The maximum atomic E-state index is 11.5. The largest absolute Gasteiger partial charge is 0.374 e. The molecule has 0 amide bonds. The fourth-order valence-corrected chi connectivity index (χ4v) is 2.95. The van der Waals surface area contributed by atoms with Crippen LogP contribution in [0.3, 0.4) is 0 Å². The van der Waals surface area contributed by atoms with Crippen LogP contribution in [0.2, 0.25) is 0 Å². The van der Waals surface area contributed by atoms with Gasteiger partial charge in [-0.05, 0) is 16.7 Å². The summed E-state index contributed by atoms with van der Waals surface area (Å²) in [4.78, 5) is 14.4. The molecule has 140 valence electrons. The van der Waals surface area contributed by atoms with Crippen LogP contribution in [0.5, 0.6) is 0 Å². The molecule has 1 atom stereocenters. The highest BCUT2D eigenvalue weighted by Crippen LogP contribution is 2.19. The van der Waals surface area contributed by atoms with Crippen molar-refractivity contribution in [2.75, 3.05) is 0 Å². The quantitative estimate of drug-likeness (QED) is 0.455. The predicted octanol–water partition coefficient (Wildman–Crippen LogP) is 3.01. The first-order valence-electron chi connectivity index (χ1n) is 8.98. The van der Waals surface area contributed by atoms with Crippen molar-refractivity contribution in [2.24, 2.45) is 0 Å². The van der Waals surface area contributed by atoms with Gasteiger partial charge in [-0.3, -0.25) is 10.1 Å². The van der Waals surface area contributed by atoms with E-state index in [1.165, 1.54) is 22.4 Å². The van der Waals surface area contributed by atoms with Crippen LogP contribution >= 0.6 is 0 Å². The van der Waals surface area contributed by atoms with Crippen LogP contribution in [0.4, 0.5) is 0 Å². The van der Waals surface area contributed by atoms with Gasteiger partial charge in [0.05, 0.1) is 6.20 Å². The summed E-state index contributed by atoms with van der Waals surface area (Å²) in [7, 11) is 0. The fourth-order valence-electron chi connectivity index (χ4n) is 2.95. The summed E-state index contributed by atoms with van der Waals surface area (Å²) in [5.41, 5.74) is 3.91. The summed E-state index contributed by atoms with van der Waals surface area (Å²) in [6, 6.07) is 21.3. The average molecular weight is 372 g/mol. The number of aromatic nitrogens is 3. The number of rotatable bonds is 6. The Morgan fingerprint density at radius 2 is 1.79 bits per heavy atom. The monoisotopic (exact) mass is 372 g/mol. The van der Waals surface area contributed by atoms with Crippen LogP contribution in [-0.4, -0.2) is 19.9 Å². The van der Waals surface area contributed by atoms with Gasteiger partial charge in [0.15, 0.2) is 5.43 Å². The van der Waals surface area contributed by atoms with E-state index in [0.29, 0.717) is 17.9 Å². The first-order chi connectivity index (χ1) is 13.7. The number of nitrogens with zero attached hydrogens (tertiary/aromatic N) is 2. The van der Waals surface area contributed by atoms with Gasteiger partial charge in [-0.2, -0.15) is 5.10 Å². The van der Waals surface area contributed by atoms with Crippen LogP contribution in [0.15, 0.2) is 90.1 Å². The second-order valence-corrected chi connectivity index (χ2v) is 6.47. The molecule has 28 heavy (non-hydrogen) atoms. The van der Waals surface area contributed by atoms with Gasteiger partial charge in [-0.25, -0.2) is 4.68 Å². The molecule has 3 N–H and O–H groups in total. The molecule has 2 aromatic heterocycles. The first kappa shape index (κ1) is 17.9. The highest BCUT2D eigenvalue weighted by Gasteiger charge is 2.11. The lowest BCUT2D eigenvalue weighted by Crippen LogP contribution is -2.20. The van der Waals surface area contributed by atoms with E-state index in [1.54, 1.807) is 18.6 Å². The Balaban J connectivity index is 1.39. The maximum absolute atomic E-state index is 11.5. The molecular weight excluding hydrogens is 352 g/mol. The molecule has 6 nitrogen and oxygen atoms in total. The number of benzene rings is 2. The molecular formula is C22H20N4O2. The topological polar surface area (TPSA) is 82.9 Å². The lowest BCUT2D eigenvalue weighted by Gasteiger charge is -2.11. The second kappa shape index (κ2) is 8.04. The van der Waals surface area contributed by atoms with Crippen molar-refractivity contribution in [1.29, 1.82) is 0 Å². The third-order valence-corrected chi connectivity index (χ3v) is 4.48. The van der Waals surface area contributed by atoms with Crippen LogP contribution in [0.25, 0.3) is 16.9 Å². The number of pyridine rings is 1. The van der Waals surface area contributed by atoms with Crippen molar-refractivity contribution in [3.05, 3.63) is 107 Å². The van der Waals surface area contributed by atoms with Gasteiger partial charge in [-0.1, -0.05) is 54.6 Å². The average Bonchev–Trinajstić information content (AvgIpc) is 3.24. The van der Waals surface area contributed by atoms with Gasteiger partial charge in [0.25, 0.3) is 0 Å². The number of aliphatic hydroxyl groups excluding tert-OH is 1. The van der Waals surface area contributed by atoms with E-state index < -0.39 is 6.23 Å². The summed E-state index contributed by atoms with van der Waals surface area (Å²) in [5, 5.41) is 17.7. The molecule has 2 heterocycles. The van der Waals surface area contributed by atoms with Gasteiger partial charge in [-0.15, -0.1) is 0 Å². The highest BCUT2D eigenvalue weighted by atomic mass is 16.3. The molecule has 0 spiro atoms. The standard InChI is InChI=1S/C22H20N4O2/c27-20-10-11-23-21(12-20)26-15-19(14-25-26)22(28)24-13-16-6-8-18(9-7-16)17-4-2-1-3-5-17/h1-12,14-15,22,24,28H,13H2,(H,23,27). The molecule has 0 fully saturated rings. The Morgan fingerprint density at radius 1 is 1.04 bits per heavy atom. The van der Waals surface area contributed by atoms with Crippen molar-refractivity contribution in [3.63, 3.8) is 0 Å². The molecule has 0 bridgehead atoms. The molecule has 0 aliphatic heterocycles. The van der Waals surface area contributed by atoms with Crippen LogP contribution < -0.4 is 10.7 Å². The summed E-state index contributed by atoms with van der Waals surface area (Å²) in [5.74, 6) is 0.544. The number of aromatic amines is 1. The molecule has 0 radical (unpaired) electrons. The third kappa shape index (κ3) is 4.09. The molecule has 2 aromatic carbocycles. The van der Waals surface area contributed by atoms with Gasteiger partial charge >= 0.3 is 0 Å². The normalized spacial score (nSPS) is 12.0. The zero-order valence-corrected chi connectivity index (χ0v) is 15.1. The lowest BCUT2D eigenvalue weighted by atomic mass is 10.0. The van der Waals surface area contributed by atoms with Crippen LogP contribution in [0, 0.1) is 0 Å². The minimum Gasteiger partial charge on any atom is -0.374 e. The van der Waals surface area contributed by atoms with Crippen LogP contribution in [0.1, 0.15) is 17.4 Å². The van der Waals surface area contributed by atoms with Crippen LogP contribution in [-0.2, 0) is 6.54 Å². The SMILES string of the molecule is O=c1cc[nH]c(-n2cc(C(O)NCc3ccc(-c4ccccc4)cc3)cn2)c1. The first-order valence-corrected chi connectivity index (χ1v) is 8.98. The molecule has 0 aliphatic rings. The van der Waals surface area contributed by atoms with Crippen molar-refractivity contribution in [3.8, 4) is 16.9 Å². The molecule has 6 heteroatoms. The lowest BCUT2D eigenvalue weighted by molar-refractivity contribution is 0.137. The molecule has 0 saturated carbocycles. The Labute approximate surface area is 162 Å². The van der Waals surface area contributed by atoms with E-state index in [-0.39, 0.29) is 5.43 Å². The number of H-pyrrole nitrogens is 1. The summed E-state index contributed by atoms with van der Waals surface area (Å²) in [6.45, 7) is 0.517. The zero-order valence-electron chi connectivity index (χ0n) is 15.1. The zero-order chi connectivity index (χ0) is 19.3. The molecule has 0 saturated heterocycles. The number of hydrogen-bond donors (Lipinski definition) is 3. The second-order valence-electron chi connectivity index (χ2n) is 6.47. The summed E-state index contributed by atoms with van der Waals surface area (Å²) in [6.07, 6.45) is 3.95. The highest BCUT2D eigenvalue weighted by molar-refractivity contribution is 5.63. The molecule has 0 aliphatic carbocycles. The van der Waals surface area contributed by atoms with Gasteiger partial charge < -0.3 is 10.1 Å². The molecule has 1 unspecified atom stereocenters. The Bertz CT molecular complexity index is 1100. The third-order valence-electron chi connectivity index (χ3n) is 4.48. The Hall–Kier alpha value is -3.48. The van der Waals surface area contributed by atoms with E-state index in [1.807, 2.05) is 30.3 Å². The van der Waals surface area contributed by atoms with Crippen molar-refractivity contribution < 1.29 is 5.11 Å². The molecule has 4 aromatic rings. The predicted molar refractivity (Wildman–Crippen MR) is 108 cm³/mol. The number of hydrogen-bond acceptors (Lipinski definition) is 4. The van der Waals surface area contributed by atoms with Crippen molar-refractivity contribution >= 4 is 0 Å². The maximum Gasteiger partial charge on any atom is 0.183 e. The minimum absolute atomic E-state index is 0.108. The summed E-state index contributed by atoms with van der Waals surface area (Å²) < 4.78 is 1.52. The van der Waals surface area contributed by atoms with Gasteiger partial charge in [0, 0.05) is 36.6 Å². The number of nitrogens with one attached hydrogen (secondary N) is 2. The smallest absolute Gasteiger partial charge is 0.183 e. The fraction of sp³-hybridized carbons (Fsp3) is 0.0909. The van der Waals surface area contributed by atoms with Gasteiger partial charge in [0.1, 0.15) is 12.0 Å². The van der Waals surface area contributed by atoms with E-state index in [9.17, 15) is 9.90 Å². The number of aliphatic hydroxyl groups is 1. The van der Waals surface area contributed by atoms with E-state index in [4.69, 9.17) is 0 Å². The van der Waals surface area contributed by atoms with Crippen molar-refractivity contribution in [2.45, 2.75) is 12.8 Å². The van der Waals surface area contributed by atoms with E-state index >= 15 is 0 Å². The van der Waals surface area contributed by atoms with Crippen molar-refractivity contribution in [1.82, 2.24) is 20.1 Å². The Kier molecular flexibility index (Phi) is 5.14. The Morgan fingerprint density at radius 3 is 2.54 bits per heavy atom. The minimum atomic E-state index is -0.863. The molecule has 4 rings (SSSR count). The van der Waals surface area contributed by atoms with E-state index in [2.05, 4.69) is 39.7 Å².